The zero-order valence-electron chi connectivity index (χ0n) is 17.2. The molecule has 0 bridgehead atoms. The van der Waals surface area contributed by atoms with Crippen LogP contribution in [0.15, 0.2) is 65.7 Å². The highest BCUT2D eigenvalue weighted by Crippen LogP contribution is 2.22. The molecular formula is C23H23FN4O2S. The number of aromatic nitrogens is 2. The number of hydrogen-bond acceptors (Lipinski definition) is 6. The molecular weight excluding hydrogens is 415 g/mol. The first-order valence-corrected chi connectivity index (χ1v) is 11.0. The second kappa shape index (κ2) is 9.78. The highest BCUT2D eigenvalue weighted by atomic mass is 32.2. The molecule has 6 nitrogen and oxygen atoms in total. The second-order valence-electron chi connectivity index (χ2n) is 7.12. The predicted octanol–water partition coefficient (Wildman–Crippen LogP) is 3.73. The summed E-state index contributed by atoms with van der Waals surface area (Å²) in [5, 5.41) is 9.07. The number of carbonyl (C=O) groups is 1. The maximum absolute atomic E-state index is 13.0. The third-order valence-electron chi connectivity index (χ3n) is 5.19. The van der Waals surface area contributed by atoms with Gasteiger partial charge in [0, 0.05) is 37.4 Å². The van der Waals surface area contributed by atoms with Crippen molar-refractivity contribution in [3.63, 3.8) is 0 Å². The fourth-order valence-electron chi connectivity index (χ4n) is 3.41. The Morgan fingerprint density at radius 2 is 1.68 bits per heavy atom. The molecule has 3 aromatic rings. The van der Waals surface area contributed by atoms with Gasteiger partial charge in [0.05, 0.1) is 18.6 Å². The van der Waals surface area contributed by atoms with E-state index < -0.39 is 0 Å². The fourth-order valence-corrected chi connectivity index (χ4v) is 4.12. The van der Waals surface area contributed by atoms with Crippen molar-refractivity contribution >= 4 is 23.4 Å². The first kappa shape index (κ1) is 21.1. The molecule has 0 spiro atoms. The van der Waals surface area contributed by atoms with Gasteiger partial charge in [-0.15, -0.1) is 10.2 Å². The zero-order valence-corrected chi connectivity index (χ0v) is 18.0. The fraction of sp³-hybridized carbons (Fsp3) is 0.261. The number of hydrogen-bond donors (Lipinski definition) is 0. The Kier molecular flexibility index (Phi) is 6.66. The van der Waals surface area contributed by atoms with Crippen LogP contribution in [0.4, 0.5) is 10.1 Å². The second-order valence-corrected chi connectivity index (χ2v) is 8.11. The van der Waals surface area contributed by atoms with Crippen molar-refractivity contribution in [1.29, 1.82) is 0 Å². The molecule has 1 amide bonds. The minimum atomic E-state index is -0.285. The van der Waals surface area contributed by atoms with Crippen molar-refractivity contribution < 1.29 is 13.9 Å². The number of nitrogens with zero attached hydrogens (tertiary/aromatic N) is 4. The van der Waals surface area contributed by atoms with Gasteiger partial charge in [0.15, 0.2) is 0 Å². The van der Waals surface area contributed by atoms with E-state index in [1.165, 1.54) is 23.9 Å². The number of anilines is 1. The summed E-state index contributed by atoms with van der Waals surface area (Å²) in [6, 6.07) is 17.8. The van der Waals surface area contributed by atoms with Crippen molar-refractivity contribution in [3.05, 3.63) is 66.5 Å². The third-order valence-corrected chi connectivity index (χ3v) is 6.10. The summed E-state index contributed by atoms with van der Waals surface area (Å²) in [7, 11) is 1.66. The summed E-state index contributed by atoms with van der Waals surface area (Å²) in [6.45, 7) is 2.99. The van der Waals surface area contributed by atoms with Crippen molar-refractivity contribution in [2.75, 3.05) is 43.9 Å². The number of benzene rings is 2. The lowest BCUT2D eigenvalue weighted by atomic mass is 10.1. The highest BCUT2D eigenvalue weighted by Gasteiger charge is 2.21. The monoisotopic (exact) mass is 438 g/mol. The molecule has 0 N–H and O–H groups in total. The summed E-state index contributed by atoms with van der Waals surface area (Å²) >= 11 is 1.38. The molecule has 1 aromatic heterocycles. The van der Waals surface area contributed by atoms with E-state index in [0.29, 0.717) is 29.6 Å². The van der Waals surface area contributed by atoms with Gasteiger partial charge in [-0.3, -0.25) is 4.79 Å². The average Bonchev–Trinajstić information content (AvgIpc) is 2.83. The Morgan fingerprint density at radius 3 is 2.29 bits per heavy atom. The minimum Gasteiger partial charge on any atom is -0.497 e. The summed E-state index contributed by atoms with van der Waals surface area (Å²) in [4.78, 5) is 16.8. The van der Waals surface area contributed by atoms with Crippen LogP contribution >= 0.6 is 11.8 Å². The van der Waals surface area contributed by atoms with Crippen LogP contribution in [0.5, 0.6) is 5.75 Å². The lowest BCUT2D eigenvalue weighted by Crippen LogP contribution is -2.49. The maximum Gasteiger partial charge on any atom is 0.233 e. The zero-order chi connectivity index (χ0) is 21.6. The van der Waals surface area contributed by atoms with Crippen LogP contribution in [-0.2, 0) is 4.79 Å². The molecule has 1 aliphatic heterocycles. The largest absolute Gasteiger partial charge is 0.497 e. The number of piperazine rings is 1. The molecule has 8 heteroatoms. The lowest BCUT2D eigenvalue weighted by Gasteiger charge is -2.36. The van der Waals surface area contributed by atoms with Crippen molar-refractivity contribution in [2.45, 2.75) is 5.03 Å². The molecule has 0 saturated carbocycles. The Bertz CT molecular complexity index is 1010. The Balaban J connectivity index is 1.26. The number of rotatable bonds is 6. The summed E-state index contributed by atoms with van der Waals surface area (Å²) in [6.07, 6.45) is 0. The van der Waals surface area contributed by atoms with Gasteiger partial charge in [0.2, 0.25) is 5.91 Å². The van der Waals surface area contributed by atoms with Crippen LogP contribution < -0.4 is 9.64 Å². The number of ether oxygens (including phenoxy) is 1. The van der Waals surface area contributed by atoms with Gasteiger partial charge in [-0.25, -0.2) is 4.39 Å². The topological polar surface area (TPSA) is 58.6 Å². The van der Waals surface area contributed by atoms with E-state index in [1.54, 1.807) is 19.2 Å². The number of thioether (sulfide) groups is 1. The first-order valence-electron chi connectivity index (χ1n) is 10.0. The van der Waals surface area contributed by atoms with Gasteiger partial charge in [-0.05, 0) is 60.7 Å². The average molecular weight is 439 g/mol. The molecule has 0 radical (unpaired) electrons. The molecule has 1 fully saturated rings. The molecule has 2 heterocycles. The molecule has 31 heavy (non-hydrogen) atoms. The third kappa shape index (κ3) is 5.32. The number of carbonyl (C=O) groups excluding carboxylic acids is 1. The van der Waals surface area contributed by atoms with Gasteiger partial charge in [-0.1, -0.05) is 11.8 Å². The number of halogens is 1. The van der Waals surface area contributed by atoms with Crippen LogP contribution in [0.2, 0.25) is 0 Å². The van der Waals surface area contributed by atoms with Gasteiger partial charge >= 0.3 is 0 Å². The van der Waals surface area contributed by atoms with E-state index in [1.807, 2.05) is 41.3 Å². The normalized spacial score (nSPS) is 13.9. The molecule has 0 aliphatic carbocycles. The smallest absolute Gasteiger partial charge is 0.233 e. The predicted molar refractivity (Wildman–Crippen MR) is 120 cm³/mol. The van der Waals surface area contributed by atoms with Crippen LogP contribution in [0.25, 0.3) is 11.3 Å². The molecule has 1 aliphatic rings. The Labute approximate surface area is 185 Å². The number of methoxy groups -OCH3 is 1. The van der Waals surface area contributed by atoms with Crippen LogP contribution in [-0.4, -0.2) is 60.0 Å². The van der Waals surface area contributed by atoms with Gasteiger partial charge in [0.25, 0.3) is 0 Å². The van der Waals surface area contributed by atoms with E-state index in [-0.39, 0.29) is 11.7 Å². The Hall–Kier alpha value is -3.13. The van der Waals surface area contributed by atoms with Crippen LogP contribution in [0, 0.1) is 5.82 Å². The van der Waals surface area contributed by atoms with Crippen LogP contribution in [0.1, 0.15) is 0 Å². The van der Waals surface area contributed by atoms with Crippen molar-refractivity contribution in [3.8, 4) is 17.0 Å². The van der Waals surface area contributed by atoms with Crippen molar-refractivity contribution in [1.82, 2.24) is 15.1 Å². The summed E-state index contributed by atoms with van der Waals surface area (Å²) < 4.78 is 18.3. The Morgan fingerprint density at radius 1 is 0.968 bits per heavy atom. The van der Waals surface area contributed by atoms with E-state index in [9.17, 15) is 9.18 Å². The van der Waals surface area contributed by atoms with E-state index in [4.69, 9.17) is 4.74 Å². The molecule has 0 atom stereocenters. The first-order chi connectivity index (χ1) is 15.1. The van der Waals surface area contributed by atoms with Crippen molar-refractivity contribution in [2.24, 2.45) is 0 Å². The quantitative estimate of drug-likeness (QED) is 0.547. The maximum atomic E-state index is 13.0. The molecule has 4 rings (SSSR count). The lowest BCUT2D eigenvalue weighted by molar-refractivity contribution is -0.128. The van der Waals surface area contributed by atoms with E-state index in [2.05, 4.69) is 15.1 Å². The van der Waals surface area contributed by atoms with Gasteiger partial charge < -0.3 is 14.5 Å². The molecule has 1 saturated heterocycles. The van der Waals surface area contributed by atoms with Gasteiger partial charge in [-0.2, -0.15) is 0 Å². The summed E-state index contributed by atoms with van der Waals surface area (Å²) in [5.41, 5.74) is 2.61. The van der Waals surface area contributed by atoms with Crippen LogP contribution in [0.3, 0.4) is 0 Å². The highest BCUT2D eigenvalue weighted by molar-refractivity contribution is 7.99. The van der Waals surface area contributed by atoms with E-state index in [0.717, 1.165) is 30.1 Å². The van der Waals surface area contributed by atoms with Gasteiger partial charge in [0.1, 0.15) is 16.6 Å². The standard InChI is InChI=1S/C23H23FN4O2S/c1-30-20-8-6-19(7-9-20)27-12-14-28(15-13-27)23(29)16-31-22-11-10-21(25-26-22)17-2-4-18(24)5-3-17/h2-11H,12-16H2,1H3. The molecule has 0 unspecified atom stereocenters. The minimum absolute atomic E-state index is 0.101. The number of amides is 1. The SMILES string of the molecule is COc1ccc(N2CCN(C(=O)CSc3ccc(-c4ccc(F)cc4)nn3)CC2)cc1. The summed E-state index contributed by atoms with van der Waals surface area (Å²) in [5.74, 6) is 0.979. The molecule has 2 aromatic carbocycles. The van der Waals surface area contributed by atoms with E-state index >= 15 is 0 Å². The molecule has 160 valence electrons.